The molecule has 1 aliphatic heterocycles. The molecule has 5 nitrogen and oxygen atoms in total. The van der Waals surface area contributed by atoms with E-state index in [0.717, 1.165) is 25.4 Å². The zero-order valence-corrected chi connectivity index (χ0v) is 13.2. The van der Waals surface area contributed by atoms with Crippen LogP contribution in [0.2, 0.25) is 0 Å². The van der Waals surface area contributed by atoms with E-state index in [1.807, 2.05) is 0 Å². The first-order chi connectivity index (χ1) is 9.78. The molecule has 6 heteroatoms. The Balaban J connectivity index is 0.00000220. The van der Waals surface area contributed by atoms with Crippen molar-refractivity contribution in [2.24, 2.45) is 0 Å². The van der Waals surface area contributed by atoms with Crippen LogP contribution in [0.4, 0.5) is 10.5 Å². The van der Waals surface area contributed by atoms with Crippen molar-refractivity contribution in [1.29, 1.82) is 0 Å². The number of carbonyl (C=O) groups excluding carboxylic acids is 1. The molecule has 1 aromatic rings. The minimum absolute atomic E-state index is 0. The van der Waals surface area contributed by atoms with Crippen LogP contribution >= 0.6 is 12.4 Å². The molecule has 0 radical (unpaired) electrons. The number of piperidine rings is 1. The zero-order valence-electron chi connectivity index (χ0n) is 12.3. The summed E-state index contributed by atoms with van der Waals surface area (Å²) in [6.45, 7) is 3.48. The first kappa shape index (κ1) is 17.6. The summed E-state index contributed by atoms with van der Waals surface area (Å²) in [5.74, 6) is 0.758. The Kier molecular flexibility index (Phi) is 7.93. The number of nitrogens with zero attached hydrogens (tertiary/aromatic N) is 1. The van der Waals surface area contributed by atoms with E-state index in [9.17, 15) is 4.79 Å². The molecule has 21 heavy (non-hydrogen) atoms. The highest BCUT2D eigenvalue weighted by Gasteiger charge is 2.10. The van der Waals surface area contributed by atoms with Crippen LogP contribution < -0.4 is 10.1 Å². The summed E-state index contributed by atoms with van der Waals surface area (Å²) < 4.78 is 10.2. The number of anilines is 1. The van der Waals surface area contributed by atoms with Crippen LogP contribution in [-0.4, -0.2) is 44.3 Å². The number of carbonyl (C=O) groups is 1. The van der Waals surface area contributed by atoms with Crippen molar-refractivity contribution in [1.82, 2.24) is 4.90 Å². The minimum atomic E-state index is -0.410. The molecule has 0 atom stereocenters. The van der Waals surface area contributed by atoms with Crippen molar-refractivity contribution in [2.75, 3.05) is 38.7 Å². The molecular formula is C15H23ClN2O3. The predicted octanol–water partition coefficient (Wildman–Crippen LogP) is 3.15. The van der Waals surface area contributed by atoms with Crippen molar-refractivity contribution in [2.45, 2.75) is 19.3 Å². The number of amides is 1. The van der Waals surface area contributed by atoms with Crippen molar-refractivity contribution in [3.05, 3.63) is 24.3 Å². The summed E-state index contributed by atoms with van der Waals surface area (Å²) in [6.07, 6.45) is 3.40. The summed E-state index contributed by atoms with van der Waals surface area (Å²) in [4.78, 5) is 14.0. The maximum atomic E-state index is 11.6. The van der Waals surface area contributed by atoms with Gasteiger partial charge in [-0.2, -0.15) is 0 Å². The van der Waals surface area contributed by atoms with Gasteiger partial charge in [0.1, 0.15) is 12.4 Å². The molecule has 0 saturated carbocycles. The van der Waals surface area contributed by atoms with Gasteiger partial charge in [0.15, 0.2) is 0 Å². The van der Waals surface area contributed by atoms with E-state index in [4.69, 9.17) is 9.47 Å². The summed E-state index contributed by atoms with van der Waals surface area (Å²) in [7, 11) is 1.61. The van der Waals surface area contributed by atoms with Gasteiger partial charge in [-0.15, -0.1) is 12.4 Å². The fourth-order valence-corrected chi connectivity index (χ4v) is 2.28. The van der Waals surface area contributed by atoms with E-state index in [-0.39, 0.29) is 12.4 Å². The van der Waals surface area contributed by atoms with Crippen LogP contribution in [0.1, 0.15) is 19.3 Å². The van der Waals surface area contributed by atoms with Crippen LogP contribution in [0.3, 0.4) is 0 Å². The Morgan fingerprint density at radius 2 is 1.86 bits per heavy atom. The number of nitrogens with one attached hydrogen (secondary N) is 1. The molecule has 1 heterocycles. The summed E-state index contributed by atoms with van der Waals surface area (Å²) in [5.41, 5.74) is 0.703. The Morgan fingerprint density at radius 3 is 2.48 bits per heavy atom. The number of benzene rings is 1. The third-order valence-corrected chi connectivity index (χ3v) is 3.43. The first-order valence-electron chi connectivity index (χ1n) is 7.08. The van der Waals surface area contributed by atoms with Gasteiger partial charge in [-0.05, 0) is 50.2 Å². The highest BCUT2D eigenvalue weighted by Crippen LogP contribution is 2.15. The largest absolute Gasteiger partial charge is 0.497 e. The summed E-state index contributed by atoms with van der Waals surface area (Å²) in [5, 5.41) is 2.70. The standard InChI is InChI=1S/C15H22N2O3.ClH/c1-19-14-7-5-13(6-8-14)16-15(18)20-12-11-17-9-3-2-4-10-17;/h5-8H,2-4,9-12H2,1H3,(H,16,18);1H. The third-order valence-electron chi connectivity index (χ3n) is 3.43. The zero-order chi connectivity index (χ0) is 14.2. The van der Waals surface area contributed by atoms with E-state index >= 15 is 0 Å². The average molecular weight is 315 g/mol. The van der Waals surface area contributed by atoms with Crippen molar-refractivity contribution < 1.29 is 14.3 Å². The second-order valence-corrected chi connectivity index (χ2v) is 4.89. The van der Waals surface area contributed by atoms with Crippen molar-refractivity contribution >= 4 is 24.2 Å². The van der Waals surface area contributed by atoms with Gasteiger partial charge in [0.2, 0.25) is 0 Å². The maximum Gasteiger partial charge on any atom is 0.411 e. The van der Waals surface area contributed by atoms with Gasteiger partial charge in [0, 0.05) is 12.2 Å². The molecule has 0 unspecified atom stereocenters. The number of ether oxygens (including phenoxy) is 2. The van der Waals surface area contributed by atoms with Gasteiger partial charge in [-0.25, -0.2) is 4.79 Å². The fourth-order valence-electron chi connectivity index (χ4n) is 2.28. The van der Waals surface area contributed by atoms with Crippen molar-refractivity contribution in [3.8, 4) is 5.75 Å². The molecule has 1 amide bonds. The highest BCUT2D eigenvalue weighted by molar-refractivity contribution is 5.85. The maximum absolute atomic E-state index is 11.6. The van der Waals surface area contributed by atoms with Crippen LogP contribution in [-0.2, 0) is 4.74 Å². The second-order valence-electron chi connectivity index (χ2n) is 4.89. The minimum Gasteiger partial charge on any atom is -0.497 e. The lowest BCUT2D eigenvalue weighted by atomic mass is 10.1. The molecule has 1 saturated heterocycles. The molecule has 1 N–H and O–H groups in total. The Labute approximate surface area is 132 Å². The number of hydrogen-bond acceptors (Lipinski definition) is 4. The molecule has 1 fully saturated rings. The molecule has 0 aliphatic carbocycles. The molecule has 1 aliphatic rings. The number of likely N-dealkylation sites (tertiary alicyclic amines) is 1. The smallest absolute Gasteiger partial charge is 0.411 e. The SMILES string of the molecule is COc1ccc(NC(=O)OCCN2CCCCC2)cc1.Cl. The lowest BCUT2D eigenvalue weighted by molar-refractivity contribution is 0.131. The molecule has 0 bridgehead atoms. The predicted molar refractivity (Wildman–Crippen MR) is 85.5 cm³/mol. The lowest BCUT2D eigenvalue weighted by Gasteiger charge is -2.25. The summed E-state index contributed by atoms with van der Waals surface area (Å²) >= 11 is 0. The van der Waals surface area contributed by atoms with E-state index in [2.05, 4.69) is 10.2 Å². The van der Waals surface area contributed by atoms with E-state index in [0.29, 0.717) is 12.3 Å². The number of halogens is 1. The van der Waals surface area contributed by atoms with Crippen LogP contribution in [0.25, 0.3) is 0 Å². The van der Waals surface area contributed by atoms with E-state index in [1.54, 1.807) is 31.4 Å². The third kappa shape index (κ3) is 6.23. The highest BCUT2D eigenvalue weighted by atomic mass is 35.5. The molecular weight excluding hydrogens is 292 g/mol. The number of rotatable bonds is 5. The lowest BCUT2D eigenvalue weighted by Crippen LogP contribution is -2.33. The number of hydrogen-bond donors (Lipinski definition) is 1. The summed E-state index contributed by atoms with van der Waals surface area (Å²) in [6, 6.07) is 7.15. The van der Waals surface area contributed by atoms with Gasteiger partial charge in [0.25, 0.3) is 0 Å². The van der Waals surface area contributed by atoms with Gasteiger partial charge in [-0.1, -0.05) is 6.42 Å². The van der Waals surface area contributed by atoms with E-state index < -0.39 is 6.09 Å². The Bertz CT molecular complexity index is 419. The van der Waals surface area contributed by atoms with Gasteiger partial charge in [0.05, 0.1) is 7.11 Å². The van der Waals surface area contributed by atoms with Gasteiger partial charge in [-0.3, -0.25) is 10.2 Å². The van der Waals surface area contributed by atoms with E-state index in [1.165, 1.54) is 19.3 Å². The normalized spacial score (nSPS) is 14.9. The molecule has 2 rings (SSSR count). The topological polar surface area (TPSA) is 50.8 Å². The fraction of sp³-hybridized carbons (Fsp3) is 0.533. The molecule has 1 aromatic carbocycles. The molecule has 118 valence electrons. The van der Waals surface area contributed by atoms with Crippen LogP contribution in [0.5, 0.6) is 5.75 Å². The van der Waals surface area contributed by atoms with Crippen LogP contribution in [0.15, 0.2) is 24.3 Å². The molecule has 0 aromatic heterocycles. The van der Waals surface area contributed by atoms with Gasteiger partial charge >= 0.3 is 6.09 Å². The number of methoxy groups -OCH3 is 1. The molecule has 0 spiro atoms. The first-order valence-corrected chi connectivity index (χ1v) is 7.08. The Hall–Kier alpha value is -1.46. The second kappa shape index (κ2) is 9.47. The van der Waals surface area contributed by atoms with Gasteiger partial charge < -0.3 is 9.47 Å². The van der Waals surface area contributed by atoms with Crippen molar-refractivity contribution in [3.63, 3.8) is 0 Å². The van der Waals surface area contributed by atoms with Crippen LogP contribution in [0, 0.1) is 0 Å². The Morgan fingerprint density at radius 1 is 1.19 bits per heavy atom. The average Bonchev–Trinajstić information content (AvgIpc) is 2.49. The quantitative estimate of drug-likeness (QED) is 0.907. The monoisotopic (exact) mass is 314 g/mol.